The minimum Gasteiger partial charge on any atom is -0.493 e. The molecule has 3 rings (SSSR count). The van der Waals surface area contributed by atoms with Crippen molar-refractivity contribution in [1.82, 2.24) is 14.3 Å². The SMILES string of the molecule is Cc1noc(C)c1-n1c(O)c2n(c1=O)CCC2. The first-order chi connectivity index (χ1) is 8.11. The van der Waals surface area contributed by atoms with Crippen molar-refractivity contribution in [3.8, 4) is 11.6 Å². The van der Waals surface area contributed by atoms with Crippen LogP contribution in [0.3, 0.4) is 0 Å². The second-order valence-electron chi connectivity index (χ2n) is 4.32. The van der Waals surface area contributed by atoms with E-state index >= 15 is 0 Å². The van der Waals surface area contributed by atoms with Crippen molar-refractivity contribution in [2.24, 2.45) is 0 Å². The molecule has 0 unspecified atom stereocenters. The molecule has 0 saturated heterocycles. The van der Waals surface area contributed by atoms with Crippen LogP contribution in [-0.4, -0.2) is 19.4 Å². The van der Waals surface area contributed by atoms with Crippen LogP contribution in [0, 0.1) is 13.8 Å². The highest BCUT2D eigenvalue weighted by atomic mass is 16.5. The number of hydrogen-bond donors (Lipinski definition) is 1. The average molecular weight is 235 g/mol. The summed E-state index contributed by atoms with van der Waals surface area (Å²) < 4.78 is 7.93. The third-order valence-electron chi connectivity index (χ3n) is 3.23. The number of rotatable bonds is 1. The van der Waals surface area contributed by atoms with E-state index in [9.17, 15) is 9.90 Å². The van der Waals surface area contributed by atoms with E-state index < -0.39 is 0 Å². The minimum atomic E-state index is -0.218. The van der Waals surface area contributed by atoms with Crippen LogP contribution in [-0.2, 0) is 13.0 Å². The largest absolute Gasteiger partial charge is 0.493 e. The molecule has 1 aliphatic rings. The maximum absolute atomic E-state index is 12.2. The summed E-state index contributed by atoms with van der Waals surface area (Å²) in [7, 11) is 0. The second kappa shape index (κ2) is 3.26. The van der Waals surface area contributed by atoms with E-state index in [2.05, 4.69) is 5.16 Å². The Morgan fingerprint density at radius 2 is 2.18 bits per heavy atom. The molecule has 0 bridgehead atoms. The van der Waals surface area contributed by atoms with Gasteiger partial charge in [0.1, 0.15) is 11.4 Å². The quantitative estimate of drug-likeness (QED) is 0.796. The maximum Gasteiger partial charge on any atom is 0.336 e. The minimum absolute atomic E-state index is 0.0156. The molecule has 2 aromatic rings. The van der Waals surface area contributed by atoms with Crippen molar-refractivity contribution in [2.75, 3.05) is 0 Å². The highest BCUT2D eigenvalue weighted by molar-refractivity contribution is 5.43. The van der Waals surface area contributed by atoms with Crippen molar-refractivity contribution < 1.29 is 9.63 Å². The number of fused-ring (bicyclic) bond motifs is 1. The predicted octanol–water partition coefficient (Wildman–Crippen LogP) is 0.896. The molecule has 2 aromatic heterocycles. The van der Waals surface area contributed by atoms with Gasteiger partial charge < -0.3 is 9.63 Å². The van der Waals surface area contributed by atoms with Crippen LogP contribution >= 0.6 is 0 Å². The van der Waals surface area contributed by atoms with E-state index in [1.165, 1.54) is 4.57 Å². The maximum atomic E-state index is 12.2. The molecule has 0 radical (unpaired) electrons. The van der Waals surface area contributed by atoms with Gasteiger partial charge in [-0.3, -0.25) is 4.57 Å². The smallest absolute Gasteiger partial charge is 0.336 e. The van der Waals surface area contributed by atoms with Crippen LogP contribution in [0.25, 0.3) is 5.69 Å². The summed E-state index contributed by atoms with van der Waals surface area (Å²) in [4.78, 5) is 12.2. The van der Waals surface area contributed by atoms with Crippen LogP contribution < -0.4 is 5.69 Å². The number of imidazole rings is 1. The van der Waals surface area contributed by atoms with Crippen molar-refractivity contribution in [1.29, 1.82) is 0 Å². The third-order valence-corrected chi connectivity index (χ3v) is 3.23. The number of aryl methyl sites for hydroxylation is 2. The van der Waals surface area contributed by atoms with Gasteiger partial charge in [-0.25, -0.2) is 9.36 Å². The Labute approximate surface area is 97.1 Å². The van der Waals surface area contributed by atoms with Gasteiger partial charge >= 0.3 is 5.69 Å². The van der Waals surface area contributed by atoms with Gasteiger partial charge in [0.05, 0.1) is 5.69 Å². The Hall–Kier alpha value is -1.98. The van der Waals surface area contributed by atoms with Gasteiger partial charge in [0.2, 0.25) is 5.88 Å². The summed E-state index contributed by atoms with van der Waals surface area (Å²) in [5, 5.41) is 13.9. The number of hydrogen-bond acceptors (Lipinski definition) is 4. The van der Waals surface area contributed by atoms with E-state index in [0.29, 0.717) is 29.4 Å². The Bertz CT molecular complexity index is 628. The lowest BCUT2D eigenvalue weighted by Crippen LogP contribution is -2.23. The van der Waals surface area contributed by atoms with E-state index in [0.717, 1.165) is 12.8 Å². The molecule has 90 valence electrons. The van der Waals surface area contributed by atoms with Gasteiger partial charge in [-0.15, -0.1) is 0 Å². The molecule has 0 atom stereocenters. The monoisotopic (exact) mass is 235 g/mol. The molecule has 6 nitrogen and oxygen atoms in total. The zero-order valence-electron chi connectivity index (χ0n) is 9.73. The fourth-order valence-corrected chi connectivity index (χ4v) is 2.46. The molecule has 1 N–H and O–H groups in total. The van der Waals surface area contributed by atoms with Crippen molar-refractivity contribution in [3.05, 3.63) is 27.6 Å². The molecule has 17 heavy (non-hydrogen) atoms. The van der Waals surface area contributed by atoms with Crippen molar-refractivity contribution in [2.45, 2.75) is 33.2 Å². The van der Waals surface area contributed by atoms with E-state index in [4.69, 9.17) is 4.52 Å². The molecule has 0 spiro atoms. The molecule has 6 heteroatoms. The molecule has 0 saturated carbocycles. The molecule has 0 amide bonds. The highest BCUT2D eigenvalue weighted by Gasteiger charge is 2.26. The lowest BCUT2D eigenvalue weighted by Gasteiger charge is -2.02. The Kier molecular flexibility index (Phi) is 1.95. The van der Waals surface area contributed by atoms with Gasteiger partial charge in [0.15, 0.2) is 5.76 Å². The Morgan fingerprint density at radius 3 is 2.76 bits per heavy atom. The molecular weight excluding hydrogens is 222 g/mol. The number of aromatic nitrogens is 3. The van der Waals surface area contributed by atoms with Crippen molar-refractivity contribution >= 4 is 0 Å². The lowest BCUT2D eigenvalue weighted by atomic mass is 10.3. The first kappa shape index (κ1) is 10.2. The van der Waals surface area contributed by atoms with E-state index in [1.54, 1.807) is 18.4 Å². The van der Waals surface area contributed by atoms with Crippen LogP contribution in [0.4, 0.5) is 0 Å². The molecule has 3 heterocycles. The number of nitrogens with zero attached hydrogens (tertiary/aromatic N) is 3. The second-order valence-corrected chi connectivity index (χ2v) is 4.32. The van der Waals surface area contributed by atoms with Crippen LogP contribution in [0.5, 0.6) is 5.88 Å². The summed E-state index contributed by atoms with van der Waals surface area (Å²) in [6.07, 6.45) is 1.64. The lowest BCUT2D eigenvalue weighted by molar-refractivity contribution is 0.391. The van der Waals surface area contributed by atoms with Crippen molar-refractivity contribution in [3.63, 3.8) is 0 Å². The molecular formula is C11H13N3O3. The summed E-state index contributed by atoms with van der Waals surface area (Å²) in [6.45, 7) is 4.14. The van der Waals surface area contributed by atoms with E-state index in [1.807, 2.05) is 0 Å². The number of aromatic hydroxyl groups is 1. The van der Waals surface area contributed by atoms with Gasteiger partial charge in [0.25, 0.3) is 0 Å². The molecule has 0 fully saturated rings. The molecule has 0 aliphatic carbocycles. The third kappa shape index (κ3) is 1.20. The van der Waals surface area contributed by atoms with Crippen LogP contribution in [0.1, 0.15) is 23.6 Å². The standard InChI is InChI=1S/C11H13N3O3/c1-6-9(7(2)17-12-6)14-10(15)8-4-3-5-13(8)11(14)16/h15H,3-5H2,1-2H3. The first-order valence-corrected chi connectivity index (χ1v) is 5.58. The Balaban J connectivity index is 2.34. The summed E-state index contributed by atoms with van der Waals surface area (Å²) in [5.41, 5.74) is 1.64. The van der Waals surface area contributed by atoms with Gasteiger partial charge in [-0.05, 0) is 26.7 Å². The average Bonchev–Trinajstić information content (AvgIpc) is 2.93. The highest BCUT2D eigenvalue weighted by Crippen LogP contribution is 2.28. The van der Waals surface area contributed by atoms with Gasteiger partial charge in [-0.1, -0.05) is 5.16 Å². The van der Waals surface area contributed by atoms with E-state index in [-0.39, 0.29) is 11.6 Å². The molecule has 0 aromatic carbocycles. The summed E-state index contributed by atoms with van der Waals surface area (Å²) in [6, 6.07) is 0. The molecule has 1 aliphatic heterocycles. The fourth-order valence-electron chi connectivity index (χ4n) is 2.46. The predicted molar refractivity (Wildman–Crippen MR) is 59.5 cm³/mol. The van der Waals surface area contributed by atoms with Gasteiger partial charge in [0, 0.05) is 6.54 Å². The summed E-state index contributed by atoms with van der Waals surface area (Å²) >= 11 is 0. The topological polar surface area (TPSA) is 73.2 Å². The first-order valence-electron chi connectivity index (χ1n) is 5.58. The van der Waals surface area contributed by atoms with Crippen LogP contribution in [0.2, 0.25) is 0 Å². The summed E-state index contributed by atoms with van der Waals surface area (Å²) in [5.74, 6) is 0.547. The van der Waals surface area contributed by atoms with Gasteiger partial charge in [-0.2, -0.15) is 0 Å². The Morgan fingerprint density at radius 1 is 1.41 bits per heavy atom. The zero-order valence-corrected chi connectivity index (χ0v) is 9.73. The zero-order chi connectivity index (χ0) is 12.2. The normalized spacial score (nSPS) is 14.2. The van der Waals surface area contributed by atoms with Crippen LogP contribution in [0.15, 0.2) is 9.32 Å². The fraction of sp³-hybridized carbons (Fsp3) is 0.455.